The van der Waals surface area contributed by atoms with Gasteiger partial charge in [-0.2, -0.15) is 42.1 Å². The van der Waals surface area contributed by atoms with E-state index in [1.165, 1.54) is 0 Å². The third-order valence-corrected chi connectivity index (χ3v) is 5.90. The van der Waals surface area contributed by atoms with E-state index in [-0.39, 0.29) is 34.4 Å². The lowest BCUT2D eigenvalue weighted by Gasteiger charge is -2.21. The minimum atomic E-state index is -0.656. The van der Waals surface area contributed by atoms with Crippen molar-refractivity contribution in [3.8, 4) is 48.6 Å². The topological polar surface area (TPSA) is 214 Å². The second-order valence-electron chi connectivity index (χ2n) is 9.65. The maximum Gasteiger partial charge on any atom is 0.138 e. The van der Waals surface area contributed by atoms with E-state index in [9.17, 15) is 42.1 Å². The maximum atomic E-state index is 10.1. The molecule has 0 bridgehead atoms. The number of hydrogen-bond donors (Lipinski definition) is 2. The van der Waals surface area contributed by atoms with Crippen molar-refractivity contribution < 1.29 is 0 Å². The molecule has 2 aromatic carbocycles. The van der Waals surface area contributed by atoms with Crippen molar-refractivity contribution in [2.45, 2.75) is 39.8 Å². The summed E-state index contributed by atoms with van der Waals surface area (Å²) in [5.74, 6) is 0. The first-order valence-electron chi connectivity index (χ1n) is 13.1. The van der Waals surface area contributed by atoms with Crippen molar-refractivity contribution in [3.63, 3.8) is 0 Å². The fourth-order valence-electron chi connectivity index (χ4n) is 4.26. The van der Waals surface area contributed by atoms with Crippen LogP contribution in [0.15, 0.2) is 82.0 Å². The molecule has 0 radical (unpaired) electrons. The summed E-state index contributed by atoms with van der Waals surface area (Å²) in [6.45, 7) is 7.72. The van der Waals surface area contributed by atoms with Crippen LogP contribution in [0.5, 0.6) is 0 Å². The Morgan fingerprint density at radius 2 is 0.682 bits per heavy atom. The number of allylic oxidation sites excluding steroid dienone is 8. The van der Waals surface area contributed by atoms with Crippen LogP contribution in [0.1, 0.15) is 38.8 Å². The molecule has 0 saturated heterocycles. The summed E-state index contributed by atoms with van der Waals surface area (Å²) in [7, 11) is 0. The Labute approximate surface area is 256 Å². The second kappa shape index (κ2) is 15.6. The number of rotatable bonds is 9. The zero-order chi connectivity index (χ0) is 32.8. The Hall–Kier alpha value is -7.08. The maximum absolute atomic E-state index is 10.1. The monoisotopic (exact) mass is 572 g/mol. The molecule has 0 spiro atoms. The average molecular weight is 573 g/mol. The van der Waals surface area contributed by atoms with E-state index >= 15 is 0 Å². The van der Waals surface area contributed by atoms with E-state index in [0.717, 1.165) is 0 Å². The molecule has 0 aliphatic carbocycles. The Morgan fingerprint density at radius 3 is 0.886 bits per heavy atom. The van der Waals surface area contributed by atoms with Crippen LogP contribution >= 0.6 is 0 Å². The Morgan fingerprint density at radius 1 is 0.432 bits per heavy atom. The Kier molecular flexibility index (Phi) is 11.8. The lowest BCUT2D eigenvalue weighted by Crippen LogP contribution is -2.10. The van der Waals surface area contributed by atoms with E-state index in [0.29, 0.717) is 11.4 Å². The smallest absolute Gasteiger partial charge is 0.138 e. The zero-order valence-corrected chi connectivity index (χ0v) is 24.4. The summed E-state index contributed by atoms with van der Waals surface area (Å²) in [5, 5.41) is 86.8. The lowest BCUT2D eigenvalue weighted by molar-refractivity contribution is 0.899. The number of benzene rings is 2. The summed E-state index contributed by atoms with van der Waals surface area (Å²) >= 11 is 0. The molecular weight excluding hydrogens is 548 g/mol. The van der Waals surface area contributed by atoms with Gasteiger partial charge in [0, 0.05) is 45.8 Å². The van der Waals surface area contributed by atoms with Crippen molar-refractivity contribution in [2.75, 3.05) is 10.6 Å². The highest BCUT2D eigenvalue weighted by molar-refractivity contribution is 6.03. The first-order chi connectivity index (χ1) is 21.1. The van der Waals surface area contributed by atoms with Gasteiger partial charge < -0.3 is 10.6 Å². The molecule has 0 aromatic heterocycles. The largest absolute Gasteiger partial charge is 0.383 e. The van der Waals surface area contributed by atoms with E-state index in [4.69, 9.17) is 0 Å². The van der Waals surface area contributed by atoms with Crippen LogP contribution in [0, 0.1) is 90.6 Å². The van der Waals surface area contributed by atoms with Gasteiger partial charge in [-0.25, -0.2) is 0 Å². The molecule has 0 aliphatic heterocycles. The van der Waals surface area contributed by atoms with Crippen molar-refractivity contribution in [1.82, 2.24) is 0 Å². The van der Waals surface area contributed by atoms with E-state index < -0.39 is 33.4 Å². The standard InChI is InChI=1S/C34H24N10/c1-21(2)43-29-9-5-23(6-10-29)31(25(13-35)14-36)33(27(17-39)18-40)34(28(19-41)20-42)32(26(15-37)16-38)24-7-11-30(12-8-24)44-22(3)4/h5-12,21-22,43-44H,1-4H3. The van der Waals surface area contributed by atoms with Crippen molar-refractivity contribution in [1.29, 1.82) is 42.1 Å². The van der Waals surface area contributed by atoms with Crippen LogP contribution in [0.2, 0.25) is 0 Å². The van der Waals surface area contributed by atoms with Crippen LogP contribution < -0.4 is 10.6 Å². The normalized spacial score (nSPS) is 9.14. The van der Waals surface area contributed by atoms with Crippen LogP contribution in [-0.2, 0) is 0 Å². The highest BCUT2D eigenvalue weighted by Crippen LogP contribution is 2.43. The number of nitrogens with zero attached hydrogens (tertiary/aromatic N) is 8. The van der Waals surface area contributed by atoms with Gasteiger partial charge in [-0.05, 0) is 63.1 Å². The summed E-state index contributed by atoms with van der Waals surface area (Å²) in [5.41, 5.74) is -1.88. The quantitative estimate of drug-likeness (QED) is 0.252. The predicted octanol–water partition coefficient (Wildman–Crippen LogP) is 6.32. The van der Waals surface area contributed by atoms with Gasteiger partial charge in [0.15, 0.2) is 0 Å². The highest BCUT2D eigenvalue weighted by atomic mass is 14.9. The number of nitriles is 8. The SMILES string of the molecule is CC(C)Nc1ccc(C(=C(C#N)C#N)C(=C(C#N)C#N)C(=C(C#N)C#N)C(=C(C#N)C#N)c2ccc(NC(C)C)cc2)cc1. The fourth-order valence-corrected chi connectivity index (χ4v) is 4.26. The number of anilines is 2. The van der Waals surface area contributed by atoms with Crippen molar-refractivity contribution in [2.24, 2.45) is 0 Å². The summed E-state index contributed by atoms with van der Waals surface area (Å²) < 4.78 is 0. The molecular formula is C34H24N10. The molecule has 2 aromatic rings. The van der Waals surface area contributed by atoms with Crippen LogP contribution in [0.4, 0.5) is 11.4 Å². The molecule has 10 nitrogen and oxygen atoms in total. The van der Waals surface area contributed by atoms with Crippen LogP contribution in [0.3, 0.4) is 0 Å². The predicted molar refractivity (Wildman–Crippen MR) is 163 cm³/mol. The Balaban J connectivity index is 3.25. The summed E-state index contributed by atoms with van der Waals surface area (Å²) in [4.78, 5) is 0. The molecule has 210 valence electrons. The van der Waals surface area contributed by atoms with E-state index in [1.54, 1.807) is 97.1 Å². The third-order valence-electron chi connectivity index (χ3n) is 5.90. The van der Waals surface area contributed by atoms with Gasteiger partial charge in [0.1, 0.15) is 70.8 Å². The fraction of sp³-hybridized carbons (Fsp3) is 0.176. The molecule has 0 saturated carbocycles. The van der Waals surface area contributed by atoms with Gasteiger partial charge in [0.25, 0.3) is 0 Å². The van der Waals surface area contributed by atoms with Gasteiger partial charge in [0.2, 0.25) is 0 Å². The average Bonchev–Trinajstić information content (AvgIpc) is 3.01. The summed E-state index contributed by atoms with van der Waals surface area (Å²) in [6.07, 6.45) is 0. The van der Waals surface area contributed by atoms with Crippen LogP contribution in [-0.4, -0.2) is 12.1 Å². The number of nitrogens with one attached hydrogen (secondary N) is 2. The molecule has 0 amide bonds. The first kappa shape index (κ1) is 33.1. The summed E-state index contributed by atoms with van der Waals surface area (Å²) in [6, 6.07) is 27.0. The molecule has 0 unspecified atom stereocenters. The minimum Gasteiger partial charge on any atom is -0.383 e. The Bertz CT molecular complexity index is 1700. The third kappa shape index (κ3) is 7.56. The first-order valence-corrected chi connectivity index (χ1v) is 13.1. The van der Waals surface area contributed by atoms with Crippen molar-refractivity contribution in [3.05, 3.63) is 93.1 Å². The number of hydrogen-bond acceptors (Lipinski definition) is 10. The molecule has 2 rings (SSSR count). The van der Waals surface area contributed by atoms with E-state index in [1.807, 2.05) is 27.7 Å². The van der Waals surface area contributed by atoms with Crippen LogP contribution in [0.25, 0.3) is 11.1 Å². The molecule has 0 fully saturated rings. The van der Waals surface area contributed by atoms with E-state index in [2.05, 4.69) is 10.6 Å². The van der Waals surface area contributed by atoms with Gasteiger partial charge in [-0.15, -0.1) is 0 Å². The van der Waals surface area contributed by atoms with Gasteiger partial charge in [0.05, 0.1) is 0 Å². The molecule has 44 heavy (non-hydrogen) atoms. The molecule has 10 heteroatoms. The highest BCUT2D eigenvalue weighted by Gasteiger charge is 2.30. The minimum absolute atomic E-state index is 0.0810. The molecule has 0 heterocycles. The van der Waals surface area contributed by atoms with Gasteiger partial charge in [-0.3, -0.25) is 0 Å². The van der Waals surface area contributed by atoms with Gasteiger partial charge in [-0.1, -0.05) is 24.3 Å². The van der Waals surface area contributed by atoms with Crippen molar-refractivity contribution >= 4 is 22.5 Å². The molecule has 0 atom stereocenters. The van der Waals surface area contributed by atoms with Gasteiger partial charge >= 0.3 is 0 Å². The lowest BCUT2D eigenvalue weighted by atomic mass is 9.78. The second-order valence-corrected chi connectivity index (χ2v) is 9.65. The zero-order valence-electron chi connectivity index (χ0n) is 24.4. The molecule has 2 N–H and O–H groups in total. The molecule has 0 aliphatic rings.